The second-order valence-electron chi connectivity index (χ2n) is 5.53. The van der Waals surface area contributed by atoms with Crippen LogP contribution in [-0.2, 0) is 19.6 Å². The van der Waals surface area contributed by atoms with E-state index in [1.165, 1.54) is 7.11 Å². The van der Waals surface area contributed by atoms with Crippen molar-refractivity contribution in [3.63, 3.8) is 0 Å². The predicted octanol–water partition coefficient (Wildman–Crippen LogP) is 3.93. The molecule has 1 atom stereocenters. The first-order chi connectivity index (χ1) is 13.0. The second-order valence-corrected chi connectivity index (χ2v) is 8.16. The van der Waals surface area contributed by atoms with Crippen molar-refractivity contribution in [2.45, 2.75) is 23.7 Å². The van der Waals surface area contributed by atoms with Gasteiger partial charge in [0.2, 0.25) is 10.0 Å². The van der Waals surface area contributed by atoms with E-state index in [1.54, 1.807) is 24.3 Å². The highest BCUT2D eigenvalue weighted by atomic mass is 79.9. The maximum absolute atomic E-state index is 12.6. The Balaban J connectivity index is 2.27. The van der Waals surface area contributed by atoms with Gasteiger partial charge in [0.25, 0.3) is 0 Å². The fourth-order valence-electron chi connectivity index (χ4n) is 2.28. The van der Waals surface area contributed by atoms with Gasteiger partial charge < -0.3 is 9.47 Å². The molecule has 0 amide bonds. The van der Waals surface area contributed by atoms with Gasteiger partial charge >= 0.3 is 12.3 Å². The molecule has 0 aromatic heterocycles. The fraction of sp³-hybridized carbons (Fsp3) is 0.235. The van der Waals surface area contributed by atoms with E-state index in [0.29, 0.717) is 10.0 Å². The van der Waals surface area contributed by atoms with Gasteiger partial charge in [-0.25, -0.2) is 13.1 Å². The Bertz CT molecular complexity index is 933. The van der Waals surface area contributed by atoms with Crippen molar-refractivity contribution in [2.75, 3.05) is 7.11 Å². The van der Waals surface area contributed by atoms with Crippen molar-refractivity contribution < 1.29 is 35.9 Å². The monoisotopic (exact) mass is 481 g/mol. The van der Waals surface area contributed by atoms with Crippen molar-refractivity contribution in [2.24, 2.45) is 0 Å². The van der Waals surface area contributed by atoms with Gasteiger partial charge in [-0.05, 0) is 42.0 Å². The van der Waals surface area contributed by atoms with E-state index >= 15 is 0 Å². The smallest absolute Gasteiger partial charge is 0.469 e. The fourth-order valence-corrected chi connectivity index (χ4v) is 3.92. The molecule has 0 saturated carbocycles. The van der Waals surface area contributed by atoms with Crippen LogP contribution in [0.5, 0.6) is 5.75 Å². The quantitative estimate of drug-likeness (QED) is 0.605. The number of esters is 1. The summed E-state index contributed by atoms with van der Waals surface area (Å²) in [5, 5.41) is 0. The number of carbonyl (C=O) groups is 1. The molecule has 11 heteroatoms. The maximum Gasteiger partial charge on any atom is 0.573 e. The van der Waals surface area contributed by atoms with Crippen molar-refractivity contribution in [3.8, 4) is 5.75 Å². The molecule has 2 rings (SSSR count). The normalized spacial score (nSPS) is 13.0. The number of alkyl halides is 3. The molecule has 6 nitrogen and oxygen atoms in total. The predicted molar refractivity (Wildman–Crippen MR) is 97.0 cm³/mol. The van der Waals surface area contributed by atoms with Crippen LogP contribution < -0.4 is 9.46 Å². The Morgan fingerprint density at radius 3 is 2.36 bits per heavy atom. The molecule has 1 unspecified atom stereocenters. The van der Waals surface area contributed by atoms with Crippen LogP contribution in [0.15, 0.2) is 57.9 Å². The molecule has 0 aliphatic carbocycles. The van der Waals surface area contributed by atoms with Crippen LogP contribution in [0.1, 0.15) is 18.0 Å². The Labute approximate surface area is 167 Å². The van der Waals surface area contributed by atoms with Gasteiger partial charge in [0.05, 0.1) is 24.5 Å². The third-order valence-corrected chi connectivity index (χ3v) is 5.50. The summed E-state index contributed by atoms with van der Waals surface area (Å²) < 4.78 is 73.3. The summed E-state index contributed by atoms with van der Waals surface area (Å²) in [6.07, 6.45) is -5.16. The van der Waals surface area contributed by atoms with E-state index in [1.807, 2.05) is 0 Å². The van der Waals surface area contributed by atoms with Gasteiger partial charge in [0, 0.05) is 4.47 Å². The molecular formula is C17H15BrF3NO5S. The standard InChI is InChI=1S/C17H15BrF3NO5S/c1-26-16(23)10-15(11-3-2-4-12(18)9-11)22-28(24,25)14-7-5-13(6-8-14)27-17(19,20)21/h2-9,15,22H,10H2,1H3. The van der Waals surface area contributed by atoms with Crippen LogP contribution in [0, 0.1) is 0 Å². The summed E-state index contributed by atoms with van der Waals surface area (Å²) in [7, 11) is -2.97. The van der Waals surface area contributed by atoms with Crippen LogP contribution in [0.3, 0.4) is 0 Å². The van der Waals surface area contributed by atoms with Crippen molar-refractivity contribution in [3.05, 3.63) is 58.6 Å². The van der Waals surface area contributed by atoms with Gasteiger partial charge in [0.1, 0.15) is 5.75 Å². The average Bonchev–Trinajstić information content (AvgIpc) is 2.60. The SMILES string of the molecule is COC(=O)CC(NS(=O)(=O)c1ccc(OC(F)(F)F)cc1)c1cccc(Br)c1. The van der Waals surface area contributed by atoms with Gasteiger partial charge in [-0.1, -0.05) is 28.1 Å². The van der Waals surface area contributed by atoms with Crippen LogP contribution in [0.25, 0.3) is 0 Å². The topological polar surface area (TPSA) is 81.7 Å². The Hall–Kier alpha value is -2.11. The highest BCUT2D eigenvalue weighted by Crippen LogP contribution is 2.26. The Kier molecular flexibility index (Phi) is 7.07. The van der Waals surface area contributed by atoms with Crippen LogP contribution in [0.2, 0.25) is 0 Å². The van der Waals surface area contributed by atoms with E-state index in [-0.39, 0.29) is 11.3 Å². The third-order valence-electron chi connectivity index (χ3n) is 3.51. The molecule has 152 valence electrons. The minimum absolute atomic E-state index is 0.276. The number of halogens is 4. The molecule has 1 N–H and O–H groups in total. The van der Waals surface area contributed by atoms with Crippen molar-refractivity contribution >= 4 is 31.9 Å². The lowest BCUT2D eigenvalue weighted by atomic mass is 10.1. The number of hydrogen-bond acceptors (Lipinski definition) is 5. The Morgan fingerprint density at radius 1 is 1.18 bits per heavy atom. The molecule has 0 aliphatic rings. The first kappa shape index (κ1) is 22.2. The highest BCUT2D eigenvalue weighted by Gasteiger charge is 2.31. The number of nitrogens with one attached hydrogen (secondary N) is 1. The first-order valence-electron chi connectivity index (χ1n) is 7.70. The number of rotatable bonds is 7. The summed E-state index contributed by atoms with van der Waals surface area (Å²) >= 11 is 3.27. The molecule has 28 heavy (non-hydrogen) atoms. The number of benzene rings is 2. The number of hydrogen-bond donors (Lipinski definition) is 1. The molecule has 0 aliphatic heterocycles. The van der Waals surface area contributed by atoms with Crippen LogP contribution in [0.4, 0.5) is 13.2 Å². The number of carbonyl (C=O) groups excluding carboxylic acids is 1. The van der Waals surface area contributed by atoms with E-state index in [9.17, 15) is 26.4 Å². The zero-order valence-electron chi connectivity index (χ0n) is 14.4. The average molecular weight is 482 g/mol. The second kappa shape index (κ2) is 8.93. The molecule has 0 spiro atoms. The first-order valence-corrected chi connectivity index (χ1v) is 9.98. The minimum atomic E-state index is -4.88. The van der Waals surface area contributed by atoms with E-state index in [0.717, 1.165) is 24.3 Å². The molecule has 0 radical (unpaired) electrons. The van der Waals surface area contributed by atoms with Gasteiger partial charge in [0.15, 0.2) is 0 Å². The number of ether oxygens (including phenoxy) is 2. The molecular weight excluding hydrogens is 467 g/mol. The molecule has 0 heterocycles. The zero-order valence-corrected chi connectivity index (χ0v) is 16.8. The summed E-state index contributed by atoms with van der Waals surface area (Å²) in [4.78, 5) is 11.4. The van der Waals surface area contributed by atoms with E-state index in [4.69, 9.17) is 0 Å². The van der Waals surface area contributed by atoms with Crippen molar-refractivity contribution in [1.29, 1.82) is 0 Å². The number of methoxy groups -OCH3 is 1. The van der Waals surface area contributed by atoms with Gasteiger partial charge in [-0.2, -0.15) is 0 Å². The summed E-state index contributed by atoms with van der Waals surface area (Å²) in [5.41, 5.74) is 0.500. The summed E-state index contributed by atoms with van der Waals surface area (Å²) in [6, 6.07) is 9.43. The van der Waals surface area contributed by atoms with Crippen LogP contribution >= 0.6 is 15.9 Å². The lowest BCUT2D eigenvalue weighted by molar-refractivity contribution is -0.274. The lowest BCUT2D eigenvalue weighted by Gasteiger charge is -2.19. The molecule has 0 fully saturated rings. The molecule has 2 aromatic rings. The van der Waals surface area contributed by atoms with Crippen molar-refractivity contribution in [1.82, 2.24) is 4.72 Å². The summed E-state index contributed by atoms with van der Waals surface area (Å²) in [5.74, 6) is -1.19. The van der Waals surface area contributed by atoms with Gasteiger partial charge in [-0.3, -0.25) is 4.79 Å². The molecule has 2 aromatic carbocycles. The highest BCUT2D eigenvalue weighted by molar-refractivity contribution is 9.10. The van der Waals surface area contributed by atoms with E-state index in [2.05, 4.69) is 30.1 Å². The zero-order chi connectivity index (χ0) is 20.9. The van der Waals surface area contributed by atoms with Gasteiger partial charge in [-0.15, -0.1) is 13.2 Å². The third kappa shape index (κ3) is 6.50. The maximum atomic E-state index is 12.6. The summed E-state index contributed by atoms with van der Waals surface area (Å²) in [6.45, 7) is 0. The number of sulfonamides is 1. The largest absolute Gasteiger partial charge is 0.573 e. The molecule has 0 saturated heterocycles. The lowest BCUT2D eigenvalue weighted by Crippen LogP contribution is -2.30. The minimum Gasteiger partial charge on any atom is -0.469 e. The van der Waals surface area contributed by atoms with E-state index < -0.39 is 34.1 Å². The van der Waals surface area contributed by atoms with Crippen LogP contribution in [-0.4, -0.2) is 27.9 Å². The molecule has 0 bridgehead atoms. The Morgan fingerprint density at radius 2 is 1.82 bits per heavy atom.